The lowest BCUT2D eigenvalue weighted by molar-refractivity contribution is 0.0605. The molecule has 0 radical (unpaired) electrons. The summed E-state index contributed by atoms with van der Waals surface area (Å²) in [5.74, 6) is 2.82. The fourth-order valence-corrected chi connectivity index (χ4v) is 4.39. The number of hydrogen-bond acceptors (Lipinski definition) is 8. The van der Waals surface area contributed by atoms with Gasteiger partial charge < -0.3 is 19.9 Å². The minimum atomic E-state index is -0.419. The van der Waals surface area contributed by atoms with Crippen molar-refractivity contribution in [1.29, 1.82) is 0 Å². The Bertz CT molecular complexity index is 1520. The zero-order valence-corrected chi connectivity index (χ0v) is 19.1. The molecule has 6 rings (SSSR count). The van der Waals surface area contributed by atoms with Gasteiger partial charge in [0.05, 0.1) is 11.6 Å². The number of ether oxygens (including phenoxy) is 2. The van der Waals surface area contributed by atoms with Gasteiger partial charge >= 0.3 is 0 Å². The maximum absolute atomic E-state index is 10.1. The van der Waals surface area contributed by atoms with Crippen molar-refractivity contribution in [2.45, 2.75) is 38.4 Å². The number of nitrogens with one attached hydrogen (secondary N) is 1. The Balaban J connectivity index is 1.23. The predicted octanol–water partition coefficient (Wildman–Crippen LogP) is 4.81. The van der Waals surface area contributed by atoms with Gasteiger partial charge in [-0.25, -0.2) is 19.5 Å². The third kappa shape index (κ3) is 4.33. The maximum Gasteiger partial charge on any atom is 0.158 e. The highest BCUT2D eigenvalue weighted by atomic mass is 16.5. The molecule has 2 aromatic carbocycles. The van der Waals surface area contributed by atoms with Crippen molar-refractivity contribution in [1.82, 2.24) is 24.6 Å². The number of aromatic nitrogens is 5. The molecule has 9 heteroatoms. The second-order valence-electron chi connectivity index (χ2n) is 8.69. The Labute approximate surface area is 201 Å². The van der Waals surface area contributed by atoms with Crippen molar-refractivity contribution in [2.75, 3.05) is 5.32 Å². The summed E-state index contributed by atoms with van der Waals surface area (Å²) in [6.45, 7) is 1.99. The molecule has 1 fully saturated rings. The Hall–Kier alpha value is -4.24. The summed E-state index contributed by atoms with van der Waals surface area (Å²) in [5.41, 5.74) is 3.37. The Morgan fingerprint density at radius 2 is 1.91 bits per heavy atom. The average Bonchev–Trinajstić information content (AvgIpc) is 3.49. The number of pyridine rings is 1. The van der Waals surface area contributed by atoms with E-state index in [2.05, 4.69) is 25.4 Å². The van der Waals surface area contributed by atoms with E-state index in [0.29, 0.717) is 17.3 Å². The van der Waals surface area contributed by atoms with E-state index in [1.807, 2.05) is 61.7 Å². The van der Waals surface area contributed by atoms with Gasteiger partial charge in [0.15, 0.2) is 5.65 Å². The van der Waals surface area contributed by atoms with Gasteiger partial charge in [0.2, 0.25) is 0 Å². The molecule has 2 atom stereocenters. The van der Waals surface area contributed by atoms with Crippen molar-refractivity contribution >= 4 is 28.1 Å². The van der Waals surface area contributed by atoms with Crippen LogP contribution in [-0.4, -0.2) is 41.9 Å². The summed E-state index contributed by atoms with van der Waals surface area (Å²) in [4.78, 5) is 13.0. The van der Waals surface area contributed by atoms with Crippen LogP contribution in [0, 0.1) is 6.92 Å². The smallest absolute Gasteiger partial charge is 0.158 e. The summed E-state index contributed by atoms with van der Waals surface area (Å²) in [5, 5.41) is 18.5. The zero-order valence-electron chi connectivity index (χ0n) is 19.1. The molecule has 0 amide bonds. The number of anilines is 2. The molecule has 35 heavy (non-hydrogen) atoms. The van der Waals surface area contributed by atoms with Crippen LogP contribution in [0.1, 0.15) is 24.8 Å². The molecular formula is C26H24N6O3. The van der Waals surface area contributed by atoms with Gasteiger partial charge in [-0.2, -0.15) is 5.10 Å². The van der Waals surface area contributed by atoms with Crippen LogP contribution in [-0.2, 0) is 0 Å². The molecule has 9 nitrogen and oxygen atoms in total. The summed E-state index contributed by atoms with van der Waals surface area (Å²) in [6, 6.07) is 15.3. The fraction of sp³-hybridized carbons (Fsp3) is 0.231. The molecule has 1 aliphatic carbocycles. The Morgan fingerprint density at radius 1 is 0.971 bits per heavy atom. The highest BCUT2D eigenvalue weighted by Crippen LogP contribution is 2.32. The third-order valence-electron chi connectivity index (χ3n) is 6.23. The second-order valence-corrected chi connectivity index (χ2v) is 8.69. The number of rotatable bonds is 6. The lowest BCUT2D eigenvalue weighted by Crippen LogP contribution is -2.25. The Morgan fingerprint density at radius 3 is 2.77 bits per heavy atom. The summed E-state index contributed by atoms with van der Waals surface area (Å²) < 4.78 is 13.8. The molecule has 3 heterocycles. The SMILES string of the molecule is Cc1cc(Nc2ncnc3ccc(O[C@H]4CCC[C@@H]4O)cc23)ccc1Oc1ccn2ncnc2c1. The Kier molecular flexibility index (Phi) is 5.38. The molecule has 0 unspecified atom stereocenters. The summed E-state index contributed by atoms with van der Waals surface area (Å²) >= 11 is 0. The molecule has 2 N–H and O–H groups in total. The van der Waals surface area contributed by atoms with Gasteiger partial charge in [-0.1, -0.05) is 0 Å². The van der Waals surface area contributed by atoms with Crippen molar-refractivity contribution in [3.63, 3.8) is 0 Å². The van der Waals surface area contributed by atoms with E-state index >= 15 is 0 Å². The number of aliphatic hydroxyl groups is 1. The van der Waals surface area contributed by atoms with E-state index in [0.717, 1.165) is 52.8 Å². The van der Waals surface area contributed by atoms with Crippen LogP contribution < -0.4 is 14.8 Å². The van der Waals surface area contributed by atoms with E-state index in [-0.39, 0.29) is 6.10 Å². The van der Waals surface area contributed by atoms with Crippen LogP contribution in [0.3, 0.4) is 0 Å². The summed E-state index contributed by atoms with van der Waals surface area (Å²) in [7, 11) is 0. The van der Waals surface area contributed by atoms with Gasteiger partial charge in [-0.15, -0.1) is 0 Å². The predicted molar refractivity (Wildman–Crippen MR) is 131 cm³/mol. The largest absolute Gasteiger partial charge is 0.488 e. The lowest BCUT2D eigenvalue weighted by Gasteiger charge is -2.18. The first-order chi connectivity index (χ1) is 17.1. The highest BCUT2D eigenvalue weighted by Gasteiger charge is 2.27. The second kappa shape index (κ2) is 8.84. The molecular weight excluding hydrogens is 444 g/mol. The molecule has 0 bridgehead atoms. The topological polar surface area (TPSA) is 107 Å². The fourth-order valence-electron chi connectivity index (χ4n) is 4.39. The quantitative estimate of drug-likeness (QED) is 0.366. The molecule has 0 saturated heterocycles. The highest BCUT2D eigenvalue weighted by molar-refractivity contribution is 5.91. The van der Waals surface area contributed by atoms with Crippen LogP contribution in [0.2, 0.25) is 0 Å². The molecule has 176 valence electrons. The molecule has 1 aliphatic rings. The van der Waals surface area contributed by atoms with E-state index < -0.39 is 6.10 Å². The molecule has 0 aliphatic heterocycles. The number of nitrogens with zero attached hydrogens (tertiary/aromatic N) is 5. The van der Waals surface area contributed by atoms with E-state index in [4.69, 9.17) is 9.47 Å². The van der Waals surface area contributed by atoms with Crippen LogP contribution >= 0.6 is 0 Å². The molecule has 1 saturated carbocycles. The van der Waals surface area contributed by atoms with Crippen LogP contribution in [0.5, 0.6) is 17.2 Å². The van der Waals surface area contributed by atoms with Crippen molar-refractivity contribution < 1.29 is 14.6 Å². The van der Waals surface area contributed by atoms with Crippen LogP contribution in [0.4, 0.5) is 11.5 Å². The monoisotopic (exact) mass is 468 g/mol. The molecule has 3 aromatic heterocycles. The van der Waals surface area contributed by atoms with Gasteiger partial charge in [-0.05, 0) is 74.2 Å². The van der Waals surface area contributed by atoms with Gasteiger partial charge in [0.1, 0.15) is 41.8 Å². The standard InChI is InChI=1S/C26H24N6O3/c1-16-11-17(5-8-23(16)34-19-9-10-32-25(13-19)28-15-30-32)31-26-20-12-18(6-7-21(20)27-14-29-26)35-24-4-2-3-22(24)33/h5-15,22,24,33H,2-4H2,1H3,(H,27,29,31)/t22-,24-/m0/s1. The first kappa shape index (κ1) is 21.3. The minimum Gasteiger partial charge on any atom is -0.488 e. The number of hydrogen-bond donors (Lipinski definition) is 2. The van der Waals surface area contributed by atoms with Gasteiger partial charge in [-0.3, -0.25) is 0 Å². The number of aryl methyl sites for hydroxylation is 1. The van der Waals surface area contributed by atoms with E-state index in [9.17, 15) is 5.11 Å². The summed E-state index contributed by atoms with van der Waals surface area (Å²) in [6.07, 6.45) is 6.88. The molecule has 5 aromatic rings. The first-order valence-electron chi connectivity index (χ1n) is 11.6. The van der Waals surface area contributed by atoms with E-state index in [1.54, 1.807) is 4.52 Å². The zero-order chi connectivity index (χ0) is 23.8. The van der Waals surface area contributed by atoms with Crippen molar-refractivity contribution in [3.8, 4) is 17.2 Å². The molecule has 0 spiro atoms. The van der Waals surface area contributed by atoms with Crippen molar-refractivity contribution in [3.05, 3.63) is 72.9 Å². The van der Waals surface area contributed by atoms with Crippen LogP contribution in [0.25, 0.3) is 16.6 Å². The van der Waals surface area contributed by atoms with Crippen LogP contribution in [0.15, 0.2) is 67.4 Å². The average molecular weight is 469 g/mol. The van der Waals surface area contributed by atoms with Gasteiger partial charge in [0, 0.05) is 23.3 Å². The number of benzene rings is 2. The van der Waals surface area contributed by atoms with E-state index in [1.165, 1.54) is 12.7 Å². The first-order valence-corrected chi connectivity index (χ1v) is 11.6. The van der Waals surface area contributed by atoms with Gasteiger partial charge in [0.25, 0.3) is 0 Å². The third-order valence-corrected chi connectivity index (χ3v) is 6.23. The number of aliphatic hydroxyl groups excluding tert-OH is 1. The maximum atomic E-state index is 10.1. The minimum absolute atomic E-state index is 0.172. The number of fused-ring (bicyclic) bond motifs is 2. The van der Waals surface area contributed by atoms with Crippen molar-refractivity contribution in [2.24, 2.45) is 0 Å². The normalized spacial score (nSPS) is 17.7. The lowest BCUT2D eigenvalue weighted by atomic mass is 10.1.